The van der Waals surface area contributed by atoms with Crippen molar-refractivity contribution in [3.63, 3.8) is 0 Å². The van der Waals surface area contributed by atoms with Crippen molar-refractivity contribution in [3.8, 4) is 0 Å². The summed E-state index contributed by atoms with van der Waals surface area (Å²) in [7, 11) is 0. The molecule has 1 saturated heterocycles. The third-order valence-electron chi connectivity index (χ3n) is 3.25. The van der Waals surface area contributed by atoms with Crippen LogP contribution in [0.15, 0.2) is 18.2 Å². The van der Waals surface area contributed by atoms with Crippen LogP contribution < -0.4 is 5.32 Å². The van der Waals surface area contributed by atoms with Gasteiger partial charge in [-0.1, -0.05) is 13.0 Å². The molecule has 2 N–H and O–H groups in total. The number of halogens is 1. The molecule has 0 saturated carbocycles. The summed E-state index contributed by atoms with van der Waals surface area (Å²) in [5.41, 5.74) is 0.596. The van der Waals surface area contributed by atoms with E-state index in [1.165, 1.54) is 12.1 Å². The van der Waals surface area contributed by atoms with Crippen molar-refractivity contribution in [3.05, 3.63) is 29.6 Å². The first-order chi connectivity index (χ1) is 9.13. The fourth-order valence-corrected chi connectivity index (χ4v) is 2.23. The Labute approximate surface area is 112 Å². The van der Waals surface area contributed by atoms with Gasteiger partial charge in [0.25, 0.3) is 5.91 Å². The second-order valence-corrected chi connectivity index (χ2v) is 4.78. The van der Waals surface area contributed by atoms with Crippen molar-refractivity contribution in [1.82, 2.24) is 4.90 Å². The van der Waals surface area contributed by atoms with Gasteiger partial charge in [0.1, 0.15) is 5.82 Å². The maximum absolute atomic E-state index is 13.8. The predicted octanol–water partition coefficient (Wildman–Crippen LogP) is 1.85. The molecule has 0 aliphatic carbocycles. The van der Waals surface area contributed by atoms with Gasteiger partial charge in [0.15, 0.2) is 0 Å². The van der Waals surface area contributed by atoms with E-state index in [4.69, 9.17) is 0 Å². The predicted molar refractivity (Wildman–Crippen MR) is 71.7 cm³/mol. The maximum Gasteiger partial charge on any atom is 0.256 e. The molecule has 1 unspecified atom stereocenters. The molecule has 1 amide bonds. The van der Waals surface area contributed by atoms with Gasteiger partial charge < -0.3 is 15.3 Å². The molecule has 1 aromatic rings. The molecule has 2 rings (SSSR count). The normalized spacial score (nSPS) is 18.7. The molecule has 19 heavy (non-hydrogen) atoms. The maximum atomic E-state index is 13.8. The average molecular weight is 266 g/mol. The molecule has 1 atom stereocenters. The van der Waals surface area contributed by atoms with Crippen LogP contribution in [-0.4, -0.2) is 41.7 Å². The lowest BCUT2D eigenvalue weighted by molar-refractivity contribution is 0.0765. The summed E-state index contributed by atoms with van der Waals surface area (Å²) in [5, 5.41) is 12.4. The van der Waals surface area contributed by atoms with Crippen LogP contribution in [0.2, 0.25) is 0 Å². The monoisotopic (exact) mass is 266 g/mol. The summed E-state index contributed by atoms with van der Waals surface area (Å²) in [6.45, 7) is 3.43. The van der Waals surface area contributed by atoms with Crippen molar-refractivity contribution < 1.29 is 14.3 Å². The molecule has 0 radical (unpaired) electrons. The van der Waals surface area contributed by atoms with Gasteiger partial charge in [0.2, 0.25) is 0 Å². The molecule has 1 heterocycles. The van der Waals surface area contributed by atoms with Crippen molar-refractivity contribution in [2.45, 2.75) is 25.9 Å². The number of β-amino-alcohol motifs (C(OH)–C–C–N with tert-alkyl or cyclic N) is 1. The summed E-state index contributed by atoms with van der Waals surface area (Å²) in [5.74, 6) is -0.645. The summed E-state index contributed by atoms with van der Waals surface area (Å²) in [6.07, 6.45) is 0.966. The van der Waals surface area contributed by atoms with Gasteiger partial charge in [-0.05, 0) is 25.0 Å². The van der Waals surface area contributed by atoms with E-state index in [2.05, 4.69) is 5.32 Å². The van der Waals surface area contributed by atoms with E-state index in [1.54, 1.807) is 11.0 Å². The Balaban J connectivity index is 2.23. The fourth-order valence-electron chi connectivity index (χ4n) is 2.23. The third kappa shape index (κ3) is 3.04. The minimum atomic E-state index is -0.468. The van der Waals surface area contributed by atoms with Crippen LogP contribution in [0.4, 0.5) is 10.1 Å². The second kappa shape index (κ2) is 6.02. The summed E-state index contributed by atoms with van der Waals surface area (Å²) in [4.78, 5) is 13.9. The van der Waals surface area contributed by atoms with Crippen LogP contribution in [0.25, 0.3) is 0 Å². The Morgan fingerprint density at radius 2 is 2.37 bits per heavy atom. The molecule has 0 bridgehead atoms. The van der Waals surface area contributed by atoms with Crippen LogP contribution in [0.5, 0.6) is 0 Å². The largest absolute Gasteiger partial charge is 0.391 e. The number of nitrogens with zero attached hydrogens (tertiary/aromatic N) is 1. The highest BCUT2D eigenvalue weighted by Gasteiger charge is 2.27. The molecule has 4 nitrogen and oxygen atoms in total. The lowest BCUT2D eigenvalue weighted by atomic mass is 10.1. The number of carbonyl (C=O) groups excluding carboxylic acids is 1. The number of likely N-dealkylation sites (tertiary alicyclic amines) is 1. The van der Waals surface area contributed by atoms with Crippen molar-refractivity contribution in [1.29, 1.82) is 0 Å². The lowest BCUT2D eigenvalue weighted by Crippen LogP contribution is -2.30. The van der Waals surface area contributed by atoms with Crippen LogP contribution in [0.1, 0.15) is 30.1 Å². The molecule has 1 aliphatic rings. The summed E-state index contributed by atoms with van der Waals surface area (Å²) < 4.78 is 13.8. The Hall–Kier alpha value is -1.62. The quantitative estimate of drug-likeness (QED) is 0.874. The topological polar surface area (TPSA) is 52.6 Å². The van der Waals surface area contributed by atoms with E-state index >= 15 is 0 Å². The Morgan fingerprint density at radius 3 is 3.00 bits per heavy atom. The van der Waals surface area contributed by atoms with Gasteiger partial charge in [0.05, 0.1) is 17.4 Å². The first-order valence-corrected chi connectivity index (χ1v) is 6.63. The molecule has 0 spiro atoms. The second-order valence-electron chi connectivity index (χ2n) is 4.78. The lowest BCUT2D eigenvalue weighted by Gasteiger charge is -2.18. The minimum absolute atomic E-state index is 0.227. The van der Waals surface area contributed by atoms with Gasteiger partial charge in [-0.2, -0.15) is 0 Å². The highest BCUT2D eigenvalue weighted by Crippen LogP contribution is 2.23. The number of anilines is 1. The molecule has 104 valence electrons. The van der Waals surface area contributed by atoms with E-state index in [9.17, 15) is 14.3 Å². The van der Waals surface area contributed by atoms with E-state index in [1.807, 2.05) is 6.92 Å². The molecular weight excluding hydrogens is 247 g/mol. The molecule has 1 fully saturated rings. The number of aliphatic hydroxyl groups is 1. The number of hydrogen-bond donors (Lipinski definition) is 2. The highest BCUT2D eigenvalue weighted by atomic mass is 19.1. The van der Waals surface area contributed by atoms with Crippen LogP contribution in [0, 0.1) is 5.82 Å². The van der Waals surface area contributed by atoms with Crippen LogP contribution in [0.3, 0.4) is 0 Å². The molecular formula is C14H19FN2O2. The number of hydrogen-bond acceptors (Lipinski definition) is 3. The summed E-state index contributed by atoms with van der Waals surface area (Å²) in [6, 6.07) is 4.49. The number of rotatable bonds is 4. The first-order valence-electron chi connectivity index (χ1n) is 6.63. The van der Waals surface area contributed by atoms with E-state index in [0.717, 1.165) is 6.42 Å². The number of carbonyl (C=O) groups is 1. The van der Waals surface area contributed by atoms with Crippen molar-refractivity contribution >= 4 is 11.6 Å². The zero-order valence-electron chi connectivity index (χ0n) is 11.0. The first kappa shape index (κ1) is 13.8. The Bertz CT molecular complexity index is 465. The third-order valence-corrected chi connectivity index (χ3v) is 3.25. The van der Waals surface area contributed by atoms with E-state index < -0.39 is 11.9 Å². The van der Waals surface area contributed by atoms with Crippen molar-refractivity contribution in [2.75, 3.05) is 25.0 Å². The number of benzene rings is 1. The number of para-hydroxylation sites is 1. The molecule has 5 heteroatoms. The summed E-state index contributed by atoms with van der Waals surface area (Å²) >= 11 is 0. The van der Waals surface area contributed by atoms with Crippen molar-refractivity contribution in [2.24, 2.45) is 0 Å². The SMILES string of the molecule is CCCNc1c(F)cccc1C(=O)N1CCC(O)C1. The van der Waals surface area contributed by atoms with Crippen LogP contribution >= 0.6 is 0 Å². The van der Waals surface area contributed by atoms with Gasteiger partial charge in [-0.15, -0.1) is 0 Å². The number of nitrogens with one attached hydrogen (secondary N) is 1. The standard InChI is InChI=1S/C14H19FN2O2/c1-2-7-16-13-11(4-3-5-12(13)15)14(19)17-8-6-10(18)9-17/h3-5,10,16,18H,2,6-9H2,1H3. The van der Waals surface area contributed by atoms with Gasteiger partial charge in [-0.3, -0.25) is 4.79 Å². The van der Waals surface area contributed by atoms with Gasteiger partial charge >= 0.3 is 0 Å². The van der Waals surface area contributed by atoms with Crippen LogP contribution in [-0.2, 0) is 0 Å². The van der Waals surface area contributed by atoms with Gasteiger partial charge in [-0.25, -0.2) is 4.39 Å². The Morgan fingerprint density at radius 1 is 1.58 bits per heavy atom. The number of amides is 1. The van der Waals surface area contributed by atoms with Gasteiger partial charge in [0, 0.05) is 19.6 Å². The van der Waals surface area contributed by atoms with E-state index in [-0.39, 0.29) is 11.6 Å². The molecule has 0 aromatic heterocycles. The minimum Gasteiger partial charge on any atom is -0.391 e. The highest BCUT2D eigenvalue weighted by molar-refractivity contribution is 5.99. The van der Waals surface area contributed by atoms with E-state index in [0.29, 0.717) is 31.6 Å². The Kier molecular flexibility index (Phi) is 4.37. The molecule has 1 aromatic carbocycles. The zero-order chi connectivity index (χ0) is 13.8. The molecule has 1 aliphatic heterocycles. The average Bonchev–Trinajstić information content (AvgIpc) is 2.83. The smallest absolute Gasteiger partial charge is 0.256 e. The number of aliphatic hydroxyl groups excluding tert-OH is 1. The fraction of sp³-hybridized carbons (Fsp3) is 0.500. The zero-order valence-corrected chi connectivity index (χ0v) is 11.0.